The Labute approximate surface area is 174 Å². The summed E-state index contributed by atoms with van der Waals surface area (Å²) in [5.41, 5.74) is 1.50. The van der Waals surface area contributed by atoms with E-state index >= 15 is 0 Å². The Morgan fingerprint density at radius 1 is 1.00 bits per heavy atom. The van der Waals surface area contributed by atoms with Crippen LogP contribution < -0.4 is 14.2 Å². The van der Waals surface area contributed by atoms with Crippen LogP contribution in [0.1, 0.15) is 34.8 Å². The van der Waals surface area contributed by atoms with E-state index in [4.69, 9.17) is 14.2 Å². The molecule has 0 saturated carbocycles. The molecule has 6 nitrogen and oxygen atoms in total. The van der Waals surface area contributed by atoms with Crippen LogP contribution >= 0.6 is 0 Å². The summed E-state index contributed by atoms with van der Waals surface area (Å²) in [4.78, 5) is 12.6. The second-order valence-electron chi connectivity index (χ2n) is 7.03. The molecule has 154 valence electrons. The molecular weight excluding hydrogens is 384 g/mol. The zero-order valence-corrected chi connectivity index (χ0v) is 16.5. The van der Waals surface area contributed by atoms with Crippen molar-refractivity contribution in [2.45, 2.75) is 25.7 Å². The number of carbonyl (C=O) groups excluding carboxylic acids is 1. The van der Waals surface area contributed by atoms with E-state index in [1.165, 1.54) is 12.1 Å². The molecular formula is C24H22O6. The molecule has 1 aliphatic heterocycles. The van der Waals surface area contributed by atoms with Gasteiger partial charge in [0.15, 0.2) is 5.78 Å². The molecule has 3 aromatic carbocycles. The molecule has 3 aromatic rings. The highest BCUT2D eigenvalue weighted by Gasteiger charge is 2.42. The molecule has 0 radical (unpaired) electrons. The van der Waals surface area contributed by atoms with Crippen LogP contribution in [-0.2, 0) is 12.4 Å². The number of ether oxygens (including phenoxy) is 3. The van der Waals surface area contributed by atoms with E-state index in [9.17, 15) is 15.0 Å². The van der Waals surface area contributed by atoms with E-state index in [0.29, 0.717) is 30.3 Å². The molecule has 0 amide bonds. The first kappa shape index (κ1) is 19.8. The first-order chi connectivity index (χ1) is 14.5. The zero-order valence-electron chi connectivity index (χ0n) is 16.5. The van der Waals surface area contributed by atoms with Crippen molar-refractivity contribution in [3.63, 3.8) is 0 Å². The lowest BCUT2D eigenvalue weighted by Crippen LogP contribution is -2.39. The number of fused-ring (bicyclic) bond motifs is 1. The molecule has 2 N–H and O–H groups in total. The van der Waals surface area contributed by atoms with Gasteiger partial charge in [-0.05, 0) is 36.8 Å². The van der Waals surface area contributed by atoms with Gasteiger partial charge >= 0.3 is 0 Å². The molecule has 1 heterocycles. The molecule has 4 rings (SSSR count). The molecule has 30 heavy (non-hydrogen) atoms. The number of aliphatic hydroxyl groups is 1. The lowest BCUT2D eigenvalue weighted by atomic mass is 9.92. The van der Waals surface area contributed by atoms with Crippen LogP contribution in [0.25, 0.3) is 0 Å². The maximum Gasteiger partial charge on any atom is 0.242 e. The van der Waals surface area contributed by atoms with Gasteiger partial charge in [-0.25, -0.2) is 0 Å². The van der Waals surface area contributed by atoms with Crippen LogP contribution in [0.4, 0.5) is 0 Å². The highest BCUT2D eigenvalue weighted by Crippen LogP contribution is 2.43. The molecule has 0 fully saturated rings. The SMILES string of the molecule is CCOc1cc(O)c2c(c1)OC(O)(c1ccc(OCc3ccccc3)cc1)CC2=O. The maximum atomic E-state index is 12.6. The smallest absolute Gasteiger partial charge is 0.242 e. The van der Waals surface area contributed by atoms with Crippen LogP contribution in [0.5, 0.6) is 23.0 Å². The number of rotatable bonds is 6. The minimum absolute atomic E-state index is 0.0472. The summed E-state index contributed by atoms with van der Waals surface area (Å²) < 4.78 is 16.9. The van der Waals surface area contributed by atoms with Crippen LogP contribution in [0.3, 0.4) is 0 Å². The molecule has 0 aliphatic carbocycles. The van der Waals surface area contributed by atoms with Gasteiger partial charge in [0, 0.05) is 17.7 Å². The Morgan fingerprint density at radius 3 is 2.43 bits per heavy atom. The predicted octanol–water partition coefficient (Wildman–Crippen LogP) is 4.18. The molecule has 0 bridgehead atoms. The van der Waals surface area contributed by atoms with Crippen molar-refractivity contribution in [2.75, 3.05) is 6.61 Å². The average molecular weight is 406 g/mol. The van der Waals surface area contributed by atoms with Gasteiger partial charge in [-0.1, -0.05) is 30.3 Å². The highest BCUT2D eigenvalue weighted by molar-refractivity contribution is 6.03. The summed E-state index contributed by atoms with van der Waals surface area (Å²) >= 11 is 0. The number of hydrogen-bond donors (Lipinski definition) is 2. The average Bonchev–Trinajstić information content (AvgIpc) is 2.73. The molecule has 0 saturated heterocycles. The van der Waals surface area contributed by atoms with Crippen molar-refractivity contribution in [3.05, 3.63) is 83.4 Å². The number of phenolic OH excluding ortho intramolecular Hbond substituents is 1. The summed E-state index contributed by atoms with van der Waals surface area (Å²) in [6.07, 6.45) is -0.314. The fourth-order valence-corrected chi connectivity index (χ4v) is 3.42. The lowest BCUT2D eigenvalue weighted by Gasteiger charge is -2.34. The third-order valence-electron chi connectivity index (χ3n) is 4.88. The van der Waals surface area contributed by atoms with Crippen molar-refractivity contribution >= 4 is 5.78 Å². The number of Topliss-reactive ketones (excluding diaryl/α,β-unsaturated/α-hetero) is 1. The molecule has 0 aromatic heterocycles. The Bertz CT molecular complexity index is 1050. The van der Waals surface area contributed by atoms with Gasteiger partial charge in [0.2, 0.25) is 5.79 Å². The summed E-state index contributed by atoms with van der Waals surface area (Å²) in [6.45, 7) is 2.62. The van der Waals surface area contributed by atoms with Crippen LogP contribution in [-0.4, -0.2) is 22.6 Å². The van der Waals surface area contributed by atoms with Gasteiger partial charge < -0.3 is 24.4 Å². The van der Waals surface area contributed by atoms with Crippen LogP contribution in [0, 0.1) is 0 Å². The number of phenols is 1. The van der Waals surface area contributed by atoms with E-state index in [-0.39, 0.29) is 23.5 Å². The van der Waals surface area contributed by atoms with Gasteiger partial charge in [-0.2, -0.15) is 0 Å². The molecule has 0 spiro atoms. The second kappa shape index (κ2) is 8.08. The van der Waals surface area contributed by atoms with E-state index in [0.717, 1.165) is 5.56 Å². The van der Waals surface area contributed by atoms with E-state index in [1.807, 2.05) is 30.3 Å². The Morgan fingerprint density at radius 2 is 1.73 bits per heavy atom. The Balaban J connectivity index is 1.54. The fourth-order valence-electron chi connectivity index (χ4n) is 3.42. The Kier molecular flexibility index (Phi) is 5.33. The molecule has 6 heteroatoms. The largest absolute Gasteiger partial charge is 0.507 e. The predicted molar refractivity (Wildman–Crippen MR) is 110 cm³/mol. The van der Waals surface area contributed by atoms with E-state index in [1.54, 1.807) is 31.2 Å². The first-order valence-electron chi connectivity index (χ1n) is 9.70. The summed E-state index contributed by atoms with van der Waals surface area (Å²) in [7, 11) is 0. The second-order valence-corrected chi connectivity index (χ2v) is 7.03. The standard InChI is InChI=1S/C24H22O6/c1-2-28-19-12-20(25)23-21(26)14-24(27,30-22(23)13-19)17-8-10-18(11-9-17)29-15-16-6-4-3-5-7-16/h3-13,25,27H,2,14-15H2,1H3. The number of carbonyl (C=O) groups is 1. The van der Waals surface area contributed by atoms with E-state index in [2.05, 4.69) is 0 Å². The molecule has 1 aliphatic rings. The monoisotopic (exact) mass is 406 g/mol. The quantitative estimate of drug-likeness (QED) is 0.639. The lowest BCUT2D eigenvalue weighted by molar-refractivity contribution is -0.147. The first-order valence-corrected chi connectivity index (χ1v) is 9.70. The van der Waals surface area contributed by atoms with Gasteiger partial charge in [0.1, 0.15) is 35.2 Å². The minimum atomic E-state index is -1.85. The summed E-state index contributed by atoms with van der Waals surface area (Å²) in [5.74, 6) is -1.42. The fraction of sp³-hybridized carbons (Fsp3) is 0.208. The van der Waals surface area contributed by atoms with E-state index < -0.39 is 11.6 Å². The van der Waals surface area contributed by atoms with Gasteiger partial charge in [-0.15, -0.1) is 0 Å². The van der Waals surface area contributed by atoms with Gasteiger partial charge in [0.25, 0.3) is 0 Å². The zero-order chi connectivity index (χ0) is 21.1. The number of aromatic hydroxyl groups is 1. The van der Waals surface area contributed by atoms with Crippen LogP contribution in [0.15, 0.2) is 66.7 Å². The molecule has 1 unspecified atom stereocenters. The topological polar surface area (TPSA) is 85.2 Å². The number of ketones is 1. The summed E-state index contributed by atoms with van der Waals surface area (Å²) in [6, 6.07) is 19.4. The normalized spacial score (nSPS) is 17.7. The van der Waals surface area contributed by atoms with Crippen molar-refractivity contribution in [2.24, 2.45) is 0 Å². The molecule has 1 atom stereocenters. The minimum Gasteiger partial charge on any atom is -0.507 e. The third-order valence-corrected chi connectivity index (χ3v) is 4.88. The number of benzene rings is 3. The van der Waals surface area contributed by atoms with Gasteiger partial charge in [-0.3, -0.25) is 4.79 Å². The Hall–Kier alpha value is -3.51. The number of hydrogen-bond acceptors (Lipinski definition) is 6. The van der Waals surface area contributed by atoms with Crippen LogP contribution in [0.2, 0.25) is 0 Å². The van der Waals surface area contributed by atoms with Crippen molar-refractivity contribution < 1.29 is 29.2 Å². The van der Waals surface area contributed by atoms with Crippen molar-refractivity contribution in [1.29, 1.82) is 0 Å². The highest BCUT2D eigenvalue weighted by atomic mass is 16.6. The van der Waals surface area contributed by atoms with Crippen molar-refractivity contribution in [3.8, 4) is 23.0 Å². The third kappa shape index (κ3) is 3.95. The maximum absolute atomic E-state index is 12.6. The van der Waals surface area contributed by atoms with Crippen molar-refractivity contribution in [1.82, 2.24) is 0 Å². The van der Waals surface area contributed by atoms with Gasteiger partial charge in [0.05, 0.1) is 13.0 Å². The summed E-state index contributed by atoms with van der Waals surface area (Å²) in [5, 5.41) is 21.2.